The maximum absolute atomic E-state index is 13.0. The minimum absolute atomic E-state index is 0.00987. The van der Waals surface area contributed by atoms with E-state index < -0.39 is 16.3 Å². The van der Waals surface area contributed by atoms with Crippen molar-refractivity contribution in [3.63, 3.8) is 0 Å². The molecule has 1 heterocycles. The van der Waals surface area contributed by atoms with Crippen LogP contribution in [0.25, 0.3) is 11.1 Å². The molecule has 4 atom stereocenters. The molecule has 1 fully saturated rings. The number of nitrogens with one attached hydrogen (secondary N) is 1. The quantitative estimate of drug-likeness (QED) is 0.0688. The molecule has 56 heavy (non-hydrogen) atoms. The third-order valence-corrected chi connectivity index (χ3v) is 12.7. The number of benzene rings is 4. The van der Waals surface area contributed by atoms with Crippen LogP contribution in [0.3, 0.4) is 0 Å². The minimum Gasteiger partial charge on any atom is -0.392 e. The van der Waals surface area contributed by atoms with Crippen molar-refractivity contribution >= 4 is 10.0 Å². The predicted molar refractivity (Wildman–Crippen MR) is 229 cm³/mol. The fourth-order valence-electron chi connectivity index (χ4n) is 7.74. The molecule has 1 aliphatic rings. The standard InChI is InChI=1S/C48H66N2O5S/c1-4-6-8-10-12-19-33-50(34-20-13-11-9-7-5-2)36-46-38(3)47(41-27-25-39(37-51)26-28-41)55-48(54-46)42-31-29-40(30-32-42)45-24-18-17-21-43(45)35-49-56(52,53)44-22-15-14-16-23-44/h14-18,21-32,38,46-49,51H,4-13,19-20,33-37H2,1-3H3/t38-,46+,47+,48+/m0/s1. The molecule has 0 spiro atoms. The van der Waals surface area contributed by atoms with Gasteiger partial charge < -0.3 is 19.5 Å². The molecule has 2 N–H and O–H groups in total. The molecule has 304 valence electrons. The van der Waals surface area contributed by atoms with Crippen LogP contribution >= 0.6 is 0 Å². The van der Waals surface area contributed by atoms with Crippen LogP contribution < -0.4 is 4.72 Å². The van der Waals surface area contributed by atoms with Gasteiger partial charge in [0.25, 0.3) is 0 Å². The normalized spacial score (nSPS) is 18.7. The molecule has 0 saturated carbocycles. The SMILES string of the molecule is CCCCCCCCN(CCCCCCCC)C[C@H]1O[C@@H](c2ccc(-c3ccccc3CNS(=O)(=O)c3ccccc3)cc2)O[C@@H](c2ccc(CO)cc2)[C@H]1C. The molecule has 8 heteroatoms. The van der Waals surface area contributed by atoms with Crippen molar-refractivity contribution in [2.75, 3.05) is 19.6 Å². The number of hydrogen-bond acceptors (Lipinski definition) is 6. The summed E-state index contributed by atoms with van der Waals surface area (Å²) in [7, 11) is -3.65. The second-order valence-corrected chi connectivity index (χ2v) is 17.3. The van der Waals surface area contributed by atoms with Crippen LogP contribution in [0.2, 0.25) is 0 Å². The van der Waals surface area contributed by atoms with Crippen LogP contribution in [0.15, 0.2) is 108 Å². The Morgan fingerprint density at radius 1 is 0.661 bits per heavy atom. The summed E-state index contributed by atoms with van der Waals surface area (Å²) in [6.07, 6.45) is 14.6. The molecule has 5 rings (SSSR count). The third-order valence-electron chi connectivity index (χ3n) is 11.2. The van der Waals surface area contributed by atoms with Gasteiger partial charge in [0.05, 0.1) is 23.7 Å². The molecule has 0 amide bonds. The molecule has 0 aromatic heterocycles. The average Bonchev–Trinajstić information content (AvgIpc) is 3.23. The maximum atomic E-state index is 13.0. The highest BCUT2D eigenvalue weighted by atomic mass is 32.2. The van der Waals surface area contributed by atoms with Gasteiger partial charge in [-0.25, -0.2) is 13.1 Å². The minimum atomic E-state index is -3.65. The first-order valence-corrected chi connectivity index (χ1v) is 22.8. The second kappa shape index (κ2) is 23.1. The van der Waals surface area contributed by atoms with E-state index in [0.29, 0.717) is 0 Å². The highest BCUT2D eigenvalue weighted by Crippen LogP contribution is 2.42. The summed E-state index contributed by atoms with van der Waals surface area (Å²) in [5.74, 6) is 0.119. The number of hydrogen-bond donors (Lipinski definition) is 2. The molecule has 1 saturated heterocycles. The van der Waals surface area contributed by atoms with Crippen LogP contribution in [0.1, 0.15) is 132 Å². The summed E-state index contributed by atoms with van der Waals surface area (Å²) in [5, 5.41) is 9.73. The average molecular weight is 783 g/mol. The van der Waals surface area contributed by atoms with Crippen molar-refractivity contribution in [1.82, 2.24) is 9.62 Å². The molecule has 1 aliphatic heterocycles. The molecule has 4 aromatic rings. The Balaban J connectivity index is 1.33. The number of aliphatic hydroxyl groups excluding tert-OH is 1. The Bertz CT molecular complexity index is 1780. The Morgan fingerprint density at radius 3 is 1.86 bits per heavy atom. The fraction of sp³-hybridized carbons (Fsp3) is 0.500. The smallest absolute Gasteiger partial charge is 0.240 e. The summed E-state index contributed by atoms with van der Waals surface area (Å²) >= 11 is 0. The van der Waals surface area contributed by atoms with E-state index in [1.165, 1.54) is 77.0 Å². The van der Waals surface area contributed by atoms with Gasteiger partial charge in [-0.15, -0.1) is 0 Å². The van der Waals surface area contributed by atoms with Crippen molar-refractivity contribution in [3.8, 4) is 11.1 Å². The first-order chi connectivity index (χ1) is 27.3. The van der Waals surface area contributed by atoms with Crippen molar-refractivity contribution < 1.29 is 23.0 Å². The van der Waals surface area contributed by atoms with E-state index in [1.807, 2.05) is 36.4 Å². The first kappa shape index (κ1) is 43.7. The molecule has 0 aliphatic carbocycles. The topological polar surface area (TPSA) is 88.1 Å². The molecular weight excluding hydrogens is 717 g/mol. The van der Waals surface area contributed by atoms with Gasteiger partial charge >= 0.3 is 0 Å². The highest BCUT2D eigenvalue weighted by Gasteiger charge is 2.39. The van der Waals surface area contributed by atoms with Gasteiger partial charge in [0.1, 0.15) is 0 Å². The van der Waals surface area contributed by atoms with Gasteiger partial charge in [-0.1, -0.05) is 176 Å². The number of sulfonamides is 1. The second-order valence-electron chi connectivity index (χ2n) is 15.6. The summed E-state index contributed by atoms with van der Waals surface area (Å²) in [6.45, 7) is 10.0. The fourth-order valence-corrected chi connectivity index (χ4v) is 8.77. The lowest BCUT2D eigenvalue weighted by Crippen LogP contribution is -2.45. The molecule has 0 bridgehead atoms. The van der Waals surface area contributed by atoms with Gasteiger partial charge in [0.2, 0.25) is 10.0 Å². The zero-order valence-corrected chi connectivity index (χ0v) is 34.9. The van der Waals surface area contributed by atoms with Gasteiger partial charge in [-0.2, -0.15) is 0 Å². The number of ether oxygens (including phenoxy) is 2. The van der Waals surface area contributed by atoms with Crippen molar-refractivity contribution in [2.45, 2.75) is 134 Å². The van der Waals surface area contributed by atoms with E-state index in [-0.39, 0.29) is 36.2 Å². The highest BCUT2D eigenvalue weighted by molar-refractivity contribution is 7.89. The molecule has 7 nitrogen and oxygen atoms in total. The van der Waals surface area contributed by atoms with E-state index in [9.17, 15) is 13.5 Å². The monoisotopic (exact) mass is 782 g/mol. The lowest BCUT2D eigenvalue weighted by molar-refractivity contribution is -0.276. The molecule has 0 unspecified atom stereocenters. The van der Waals surface area contributed by atoms with Crippen LogP contribution in [0, 0.1) is 5.92 Å². The lowest BCUT2D eigenvalue weighted by atomic mass is 9.89. The Kier molecular flexibility index (Phi) is 18.1. The van der Waals surface area contributed by atoms with Gasteiger partial charge in [0, 0.05) is 24.6 Å². The number of unbranched alkanes of at least 4 members (excludes halogenated alkanes) is 10. The number of nitrogens with zero attached hydrogens (tertiary/aromatic N) is 1. The summed E-state index contributed by atoms with van der Waals surface area (Å²) in [5.41, 5.74) is 5.77. The van der Waals surface area contributed by atoms with Gasteiger partial charge in [-0.3, -0.25) is 0 Å². The van der Waals surface area contributed by atoms with Crippen molar-refractivity contribution in [3.05, 3.63) is 125 Å². The van der Waals surface area contributed by atoms with Crippen LogP contribution in [0.4, 0.5) is 0 Å². The number of rotatable bonds is 24. The van der Waals surface area contributed by atoms with Crippen molar-refractivity contribution in [2.24, 2.45) is 5.92 Å². The zero-order chi connectivity index (χ0) is 39.6. The van der Waals surface area contributed by atoms with E-state index in [2.05, 4.69) is 66.8 Å². The summed E-state index contributed by atoms with van der Waals surface area (Å²) in [4.78, 5) is 2.90. The van der Waals surface area contributed by atoms with Gasteiger partial charge in [0.15, 0.2) is 6.29 Å². The molecule has 0 radical (unpaired) electrons. The van der Waals surface area contributed by atoms with E-state index in [4.69, 9.17) is 9.47 Å². The van der Waals surface area contributed by atoms with Crippen LogP contribution in [-0.4, -0.2) is 44.2 Å². The predicted octanol–water partition coefficient (Wildman–Crippen LogP) is 11.1. The van der Waals surface area contributed by atoms with E-state index >= 15 is 0 Å². The Morgan fingerprint density at radius 2 is 1.23 bits per heavy atom. The van der Waals surface area contributed by atoms with Gasteiger partial charge in [-0.05, 0) is 65.9 Å². The van der Waals surface area contributed by atoms with Crippen molar-refractivity contribution in [1.29, 1.82) is 0 Å². The lowest BCUT2D eigenvalue weighted by Gasteiger charge is -2.43. The Hall–Kier alpha value is -3.37. The van der Waals surface area contributed by atoms with Crippen LogP contribution in [-0.2, 0) is 32.6 Å². The summed E-state index contributed by atoms with van der Waals surface area (Å²) in [6, 6.07) is 32.8. The maximum Gasteiger partial charge on any atom is 0.240 e. The van der Waals surface area contributed by atoms with Crippen LogP contribution in [0.5, 0.6) is 0 Å². The Labute approximate surface area is 337 Å². The summed E-state index contributed by atoms with van der Waals surface area (Å²) < 4.78 is 42.5. The third kappa shape index (κ3) is 13.1. The number of aliphatic hydroxyl groups is 1. The van der Waals surface area contributed by atoms with E-state index in [0.717, 1.165) is 53.0 Å². The van der Waals surface area contributed by atoms with E-state index in [1.54, 1.807) is 30.3 Å². The molecular formula is C48H66N2O5S. The molecule has 4 aromatic carbocycles. The zero-order valence-electron chi connectivity index (χ0n) is 34.1. The largest absolute Gasteiger partial charge is 0.392 e. The first-order valence-electron chi connectivity index (χ1n) is 21.3.